The van der Waals surface area contributed by atoms with Crippen LogP contribution >= 0.6 is 0 Å². The van der Waals surface area contributed by atoms with E-state index in [1.807, 2.05) is 121 Å². The summed E-state index contributed by atoms with van der Waals surface area (Å²) in [5.41, 5.74) is 14.5. The highest BCUT2D eigenvalue weighted by Crippen LogP contribution is 2.48. The van der Waals surface area contributed by atoms with E-state index in [1.165, 1.54) is 10.1 Å². The predicted molar refractivity (Wildman–Crippen MR) is 304 cm³/mol. The zero-order valence-electron chi connectivity index (χ0n) is 41.8. The van der Waals surface area contributed by atoms with E-state index in [2.05, 4.69) is 145 Å². The zero-order valence-corrected chi connectivity index (χ0v) is 41.8. The molecule has 0 radical (unpaired) electrons. The Balaban J connectivity index is 0.980. The molecule has 0 bridgehead atoms. The lowest BCUT2D eigenvalue weighted by molar-refractivity contribution is -0.140. The van der Waals surface area contributed by atoms with Gasteiger partial charge in [-0.05, 0) is 133 Å². The Bertz CT molecular complexity index is 3630. The van der Waals surface area contributed by atoms with Gasteiger partial charge in [-0.1, -0.05) is 181 Å². The zero-order chi connectivity index (χ0) is 51.5. The number of anilines is 6. The number of para-hydroxylation sites is 2. The van der Waals surface area contributed by atoms with Crippen LogP contribution in [0.3, 0.4) is 0 Å². The van der Waals surface area contributed by atoms with E-state index >= 15 is 9.59 Å². The number of carbonyl (C=O) groups is 2. The highest BCUT2D eigenvalue weighted by molar-refractivity contribution is 6.29. The minimum atomic E-state index is -0.510. The molecule has 12 rings (SSSR count). The van der Waals surface area contributed by atoms with Crippen LogP contribution in [0.15, 0.2) is 278 Å². The van der Waals surface area contributed by atoms with Crippen molar-refractivity contribution < 1.29 is 19.3 Å². The third-order valence-electron chi connectivity index (χ3n) is 13.7. The minimum Gasteiger partial charge on any atom is -0.372 e. The van der Waals surface area contributed by atoms with Crippen LogP contribution in [0.25, 0.3) is 33.6 Å². The molecule has 0 spiro atoms. The van der Waals surface area contributed by atoms with Crippen molar-refractivity contribution in [2.45, 2.75) is 13.8 Å². The summed E-state index contributed by atoms with van der Waals surface area (Å²) in [5.74, 6) is -0.160. The van der Waals surface area contributed by atoms with Gasteiger partial charge in [0, 0.05) is 45.3 Å². The number of aryl methyl sites for hydroxylation is 2. The standard InChI is InChI=1S/C68H50N4O4/c1-47-23-35-55(36-24-47)69(56-37-25-48(2)26-38-56)59-43-31-53(32-44-59)65-63-64(68(74)71(65)75-61-19-11-5-12-20-61)66(72(67(63)73)76-62-21-13-6-14-22-62)54-33-45-60(46-34-54)70(57-39-27-51(28-40-57)49-15-7-3-8-16-49)58-41-29-52(30-42-58)50-17-9-4-10-18-50/h3-46H,1-2H3. The average molecular weight is 987 g/mol. The van der Waals surface area contributed by atoms with Gasteiger partial charge >= 0.3 is 0 Å². The van der Waals surface area contributed by atoms with Gasteiger partial charge in [-0.2, -0.15) is 0 Å². The van der Waals surface area contributed by atoms with Gasteiger partial charge in [0.05, 0.1) is 11.1 Å². The summed E-state index contributed by atoms with van der Waals surface area (Å²) in [4.78, 5) is 48.1. The number of nitrogens with zero attached hydrogens (tertiary/aromatic N) is 4. The SMILES string of the molecule is Cc1ccc(N(c2ccc(C)cc2)c2ccc(C3=C4C(=O)N(Oc5ccccc5)C(c5ccc(N(c6ccc(-c7ccccc7)cc6)c6ccc(-c7ccccc7)cc6)cc5)=C4C(=O)N3Oc3ccccc3)cc2)cc1. The van der Waals surface area contributed by atoms with E-state index in [-0.39, 0.29) is 11.1 Å². The van der Waals surface area contributed by atoms with Crippen molar-refractivity contribution in [2.24, 2.45) is 0 Å². The average Bonchev–Trinajstić information content (AvgIpc) is 4.08. The summed E-state index contributed by atoms with van der Waals surface area (Å²) in [6.07, 6.45) is 0. The Morgan fingerprint density at radius 2 is 0.513 bits per heavy atom. The first kappa shape index (κ1) is 46.9. The summed E-state index contributed by atoms with van der Waals surface area (Å²) in [7, 11) is 0. The first-order valence-electron chi connectivity index (χ1n) is 25.2. The number of amides is 2. The highest BCUT2D eigenvalue weighted by atomic mass is 16.7. The molecule has 2 aliphatic heterocycles. The topological polar surface area (TPSA) is 65.6 Å². The van der Waals surface area contributed by atoms with E-state index in [4.69, 9.17) is 9.68 Å². The lowest BCUT2D eigenvalue weighted by Crippen LogP contribution is -2.33. The summed E-state index contributed by atoms with van der Waals surface area (Å²) in [5, 5.41) is 2.50. The molecule has 8 nitrogen and oxygen atoms in total. The molecule has 10 aromatic rings. The molecule has 8 heteroatoms. The molecule has 0 aromatic heterocycles. The molecule has 0 saturated heterocycles. The molecule has 0 unspecified atom stereocenters. The van der Waals surface area contributed by atoms with E-state index in [1.54, 1.807) is 24.3 Å². The quantitative estimate of drug-likeness (QED) is 0.108. The third-order valence-corrected chi connectivity index (χ3v) is 13.7. The maximum absolute atomic E-state index is 15.4. The second kappa shape index (κ2) is 20.4. The number of benzene rings is 10. The van der Waals surface area contributed by atoms with E-state index in [0.29, 0.717) is 34.0 Å². The van der Waals surface area contributed by atoms with Gasteiger partial charge in [0.25, 0.3) is 11.8 Å². The fraction of sp³-hybridized carbons (Fsp3) is 0.0294. The van der Waals surface area contributed by atoms with Gasteiger partial charge in [-0.15, -0.1) is 10.1 Å². The van der Waals surface area contributed by atoms with Gasteiger partial charge in [0.15, 0.2) is 11.5 Å². The molecular formula is C68H50N4O4. The van der Waals surface area contributed by atoms with Crippen LogP contribution in [-0.2, 0) is 9.59 Å². The van der Waals surface area contributed by atoms with Crippen molar-refractivity contribution in [3.05, 3.63) is 300 Å². The Labute approximate surface area is 442 Å². The third kappa shape index (κ3) is 9.16. The van der Waals surface area contributed by atoms with Gasteiger partial charge in [0.1, 0.15) is 11.4 Å². The lowest BCUT2D eigenvalue weighted by atomic mass is 10.0. The van der Waals surface area contributed by atoms with Crippen LogP contribution in [-0.4, -0.2) is 21.9 Å². The summed E-state index contributed by atoms with van der Waals surface area (Å²) < 4.78 is 0. The van der Waals surface area contributed by atoms with Crippen LogP contribution < -0.4 is 19.5 Å². The van der Waals surface area contributed by atoms with Crippen molar-refractivity contribution >= 4 is 57.3 Å². The van der Waals surface area contributed by atoms with Crippen molar-refractivity contribution in [3.63, 3.8) is 0 Å². The Hall–Kier alpha value is -10.2. The molecule has 2 heterocycles. The monoisotopic (exact) mass is 986 g/mol. The fourth-order valence-corrected chi connectivity index (χ4v) is 9.82. The summed E-state index contributed by atoms with van der Waals surface area (Å²) in [6, 6.07) is 88.5. The van der Waals surface area contributed by atoms with E-state index in [9.17, 15) is 0 Å². The second-order valence-corrected chi connectivity index (χ2v) is 18.7. The van der Waals surface area contributed by atoms with Gasteiger partial charge < -0.3 is 19.5 Å². The number of hydroxylamine groups is 4. The highest BCUT2D eigenvalue weighted by Gasteiger charge is 2.52. The number of hydrogen-bond donors (Lipinski definition) is 0. The molecular weight excluding hydrogens is 937 g/mol. The van der Waals surface area contributed by atoms with Crippen molar-refractivity contribution in [1.82, 2.24) is 10.1 Å². The maximum atomic E-state index is 15.4. The van der Waals surface area contributed by atoms with Gasteiger partial charge in [-0.25, -0.2) is 0 Å². The molecule has 76 heavy (non-hydrogen) atoms. The van der Waals surface area contributed by atoms with Gasteiger partial charge in [-0.3, -0.25) is 9.59 Å². The fourth-order valence-electron chi connectivity index (χ4n) is 9.82. The van der Waals surface area contributed by atoms with Crippen LogP contribution in [0.1, 0.15) is 22.3 Å². The molecule has 366 valence electrons. The molecule has 2 aliphatic rings. The van der Waals surface area contributed by atoms with Crippen LogP contribution in [0, 0.1) is 13.8 Å². The Morgan fingerprint density at radius 3 is 0.803 bits per heavy atom. The van der Waals surface area contributed by atoms with E-state index in [0.717, 1.165) is 67.5 Å². The van der Waals surface area contributed by atoms with Crippen LogP contribution in [0.5, 0.6) is 11.5 Å². The molecule has 0 aliphatic carbocycles. The molecule has 0 atom stereocenters. The molecule has 2 amide bonds. The molecule has 0 N–H and O–H groups in total. The number of carbonyl (C=O) groups excluding carboxylic acids is 2. The smallest absolute Gasteiger partial charge is 0.294 e. The summed E-state index contributed by atoms with van der Waals surface area (Å²) in [6.45, 7) is 4.15. The molecule has 0 saturated carbocycles. The predicted octanol–water partition coefficient (Wildman–Crippen LogP) is 16.4. The molecule has 0 fully saturated rings. The Kier molecular flexibility index (Phi) is 12.6. The number of hydrogen-bond acceptors (Lipinski definition) is 6. The second-order valence-electron chi connectivity index (χ2n) is 18.7. The Morgan fingerprint density at radius 1 is 0.276 bits per heavy atom. The van der Waals surface area contributed by atoms with Crippen molar-refractivity contribution in [3.8, 4) is 33.8 Å². The first-order valence-corrected chi connectivity index (χ1v) is 25.2. The number of rotatable bonds is 14. The van der Waals surface area contributed by atoms with E-state index < -0.39 is 11.8 Å². The van der Waals surface area contributed by atoms with Crippen LogP contribution in [0.4, 0.5) is 34.1 Å². The van der Waals surface area contributed by atoms with Gasteiger partial charge in [0.2, 0.25) is 0 Å². The summed E-state index contributed by atoms with van der Waals surface area (Å²) >= 11 is 0. The first-order chi connectivity index (χ1) is 37.3. The lowest BCUT2D eigenvalue weighted by Gasteiger charge is -2.27. The largest absolute Gasteiger partial charge is 0.372 e. The van der Waals surface area contributed by atoms with Crippen molar-refractivity contribution in [2.75, 3.05) is 9.80 Å². The molecule has 10 aromatic carbocycles. The maximum Gasteiger partial charge on any atom is 0.294 e. The minimum absolute atomic E-state index is 0.162. The number of fused-ring (bicyclic) bond motifs is 1. The van der Waals surface area contributed by atoms with Crippen molar-refractivity contribution in [1.29, 1.82) is 0 Å². The van der Waals surface area contributed by atoms with Crippen LogP contribution in [0.2, 0.25) is 0 Å². The normalized spacial score (nSPS) is 13.0.